The lowest BCUT2D eigenvalue weighted by molar-refractivity contribution is 0.477. The molecule has 0 fully saturated rings. The Morgan fingerprint density at radius 1 is 0.605 bits per heavy atom. The van der Waals surface area contributed by atoms with E-state index >= 15 is 0 Å². The van der Waals surface area contributed by atoms with Gasteiger partial charge in [-0.2, -0.15) is 0 Å². The topological polar surface area (TPSA) is 70.6 Å². The van der Waals surface area contributed by atoms with Crippen molar-refractivity contribution in [1.82, 2.24) is 9.55 Å². The second-order valence-corrected chi connectivity index (χ2v) is 10.6. The number of hydrogen-bond acceptors (Lipinski definition) is 4. The molecule has 0 radical (unpaired) electrons. The van der Waals surface area contributed by atoms with E-state index in [1.54, 1.807) is 18.3 Å². The number of aromatic hydroxyl groups is 2. The average Bonchev–Trinajstić information content (AvgIpc) is 3.38. The quantitative estimate of drug-likeness (QED) is 0.213. The van der Waals surface area contributed by atoms with E-state index in [-0.39, 0.29) is 11.5 Å². The van der Waals surface area contributed by atoms with Crippen LogP contribution in [-0.4, -0.2) is 26.0 Å². The van der Waals surface area contributed by atoms with E-state index in [9.17, 15) is 10.2 Å². The van der Waals surface area contributed by atoms with Crippen molar-refractivity contribution in [3.05, 3.63) is 139 Å². The van der Waals surface area contributed by atoms with Gasteiger partial charge in [0.1, 0.15) is 11.5 Å². The van der Waals surface area contributed by atoms with E-state index in [2.05, 4.69) is 28.8 Å². The van der Waals surface area contributed by atoms with E-state index in [1.807, 2.05) is 97.1 Å². The fourth-order valence-electron chi connectivity index (χ4n) is 6.14. The van der Waals surface area contributed by atoms with Crippen LogP contribution in [0.5, 0.6) is 11.5 Å². The molecule has 5 nitrogen and oxygen atoms in total. The van der Waals surface area contributed by atoms with Gasteiger partial charge in [0.15, 0.2) is 0 Å². The van der Waals surface area contributed by atoms with Crippen molar-refractivity contribution in [3.63, 3.8) is 0 Å². The van der Waals surface area contributed by atoms with Crippen molar-refractivity contribution in [2.75, 3.05) is 0 Å². The number of phenolic OH excluding ortho intramolecular Hbond substituents is 2. The van der Waals surface area contributed by atoms with Crippen LogP contribution < -0.4 is 0 Å². The van der Waals surface area contributed by atoms with E-state index in [4.69, 9.17) is 9.98 Å². The van der Waals surface area contributed by atoms with Crippen molar-refractivity contribution < 1.29 is 10.2 Å². The number of rotatable bonds is 4. The lowest BCUT2D eigenvalue weighted by Gasteiger charge is -2.14. The molecule has 5 heteroatoms. The molecule has 0 unspecified atom stereocenters. The monoisotopic (exact) mass is 555 g/mol. The molecule has 0 bridgehead atoms. The van der Waals surface area contributed by atoms with Gasteiger partial charge in [-0.25, -0.2) is 4.98 Å². The number of phenols is 2. The third-order valence-corrected chi connectivity index (χ3v) is 8.04. The number of benzene rings is 6. The predicted octanol–water partition coefficient (Wildman–Crippen LogP) is 9.31. The van der Waals surface area contributed by atoms with E-state index < -0.39 is 0 Å². The Kier molecular flexibility index (Phi) is 5.69. The Bertz CT molecular complexity index is 2370. The molecule has 0 saturated heterocycles. The predicted molar refractivity (Wildman–Crippen MR) is 176 cm³/mol. The van der Waals surface area contributed by atoms with Crippen LogP contribution in [0.3, 0.4) is 0 Å². The number of nitrogens with zero attached hydrogens (tertiary/aromatic N) is 3. The first-order valence-electron chi connectivity index (χ1n) is 14.1. The SMILES string of the molecule is Oc1ccc2c3ccccc3n(-c3ccccc3)c2c1-c1cc2ccccc2c(C=Nc2cccc3cccc(O)c23)n1. The second kappa shape index (κ2) is 9.86. The molecule has 2 heterocycles. The molecule has 0 saturated carbocycles. The average molecular weight is 556 g/mol. The van der Waals surface area contributed by atoms with Crippen LogP contribution in [0.2, 0.25) is 0 Å². The molecule has 8 aromatic rings. The summed E-state index contributed by atoms with van der Waals surface area (Å²) in [5.41, 5.74) is 5.55. The van der Waals surface area contributed by atoms with Crippen molar-refractivity contribution in [3.8, 4) is 28.4 Å². The van der Waals surface area contributed by atoms with E-state index in [0.29, 0.717) is 28.0 Å². The summed E-state index contributed by atoms with van der Waals surface area (Å²) in [5, 5.41) is 27.7. The van der Waals surface area contributed by atoms with Crippen LogP contribution in [0.15, 0.2) is 138 Å². The Morgan fingerprint density at radius 3 is 2.19 bits per heavy atom. The molecule has 0 aliphatic carbocycles. The summed E-state index contributed by atoms with van der Waals surface area (Å²) in [4.78, 5) is 9.94. The summed E-state index contributed by atoms with van der Waals surface area (Å²) in [5.74, 6) is 0.333. The summed E-state index contributed by atoms with van der Waals surface area (Å²) in [6, 6.07) is 43.5. The number of pyridine rings is 1. The molecule has 0 spiro atoms. The zero-order valence-electron chi connectivity index (χ0n) is 23.0. The highest BCUT2D eigenvalue weighted by atomic mass is 16.3. The maximum Gasteiger partial charge on any atom is 0.127 e. The fourth-order valence-corrected chi connectivity index (χ4v) is 6.14. The molecule has 204 valence electrons. The van der Waals surface area contributed by atoms with Crippen molar-refractivity contribution in [1.29, 1.82) is 0 Å². The molecule has 6 aromatic carbocycles. The standard InChI is InChI=1S/C38H25N3O2/c42-34-19-9-12-24-11-8-17-30(36(24)34)39-23-32-27-15-5-4-10-25(27)22-31(40-32)37-35(43)21-20-29-28-16-6-7-18-33(28)41(38(29)37)26-13-2-1-3-14-26/h1-23,42-43H. The van der Waals surface area contributed by atoms with Gasteiger partial charge in [-0.05, 0) is 59.3 Å². The molecular formula is C38H25N3O2. The van der Waals surface area contributed by atoms with Crippen LogP contribution in [-0.2, 0) is 0 Å². The number of fused-ring (bicyclic) bond motifs is 5. The van der Waals surface area contributed by atoms with Gasteiger partial charge < -0.3 is 14.8 Å². The number of aliphatic imine (C=N–C) groups is 1. The highest BCUT2D eigenvalue weighted by Gasteiger charge is 2.21. The zero-order chi connectivity index (χ0) is 28.9. The molecule has 0 aliphatic rings. The van der Waals surface area contributed by atoms with Gasteiger partial charge in [-0.15, -0.1) is 0 Å². The number of aromatic nitrogens is 2. The van der Waals surface area contributed by atoms with Gasteiger partial charge in [0.2, 0.25) is 0 Å². The maximum atomic E-state index is 11.5. The highest BCUT2D eigenvalue weighted by molar-refractivity contribution is 6.15. The Balaban J connectivity index is 1.41. The molecule has 0 aliphatic heterocycles. The third kappa shape index (κ3) is 4.02. The minimum atomic E-state index is 0.150. The van der Waals surface area contributed by atoms with Gasteiger partial charge in [0.25, 0.3) is 0 Å². The van der Waals surface area contributed by atoms with Crippen LogP contribution in [0, 0.1) is 0 Å². The largest absolute Gasteiger partial charge is 0.507 e. The van der Waals surface area contributed by atoms with E-state index in [0.717, 1.165) is 43.7 Å². The van der Waals surface area contributed by atoms with Gasteiger partial charge in [-0.3, -0.25) is 4.99 Å². The van der Waals surface area contributed by atoms with E-state index in [1.165, 1.54) is 0 Å². The number of para-hydroxylation sites is 2. The van der Waals surface area contributed by atoms with Gasteiger partial charge >= 0.3 is 0 Å². The Morgan fingerprint density at radius 2 is 1.33 bits per heavy atom. The van der Waals surface area contributed by atoms with Gasteiger partial charge in [0.05, 0.1) is 39.9 Å². The van der Waals surface area contributed by atoms with Gasteiger partial charge in [-0.1, -0.05) is 84.9 Å². The second-order valence-electron chi connectivity index (χ2n) is 10.6. The van der Waals surface area contributed by atoms with Crippen molar-refractivity contribution in [2.24, 2.45) is 4.99 Å². The lowest BCUT2D eigenvalue weighted by Crippen LogP contribution is -1.98. The molecule has 2 N–H and O–H groups in total. The summed E-state index contributed by atoms with van der Waals surface area (Å²) < 4.78 is 2.20. The highest BCUT2D eigenvalue weighted by Crippen LogP contribution is 2.42. The van der Waals surface area contributed by atoms with Crippen LogP contribution in [0.25, 0.3) is 60.3 Å². The van der Waals surface area contributed by atoms with Crippen LogP contribution in [0.4, 0.5) is 5.69 Å². The maximum absolute atomic E-state index is 11.5. The first-order valence-corrected chi connectivity index (χ1v) is 14.1. The first kappa shape index (κ1) is 24.8. The van der Waals surface area contributed by atoms with Crippen molar-refractivity contribution >= 4 is 55.3 Å². The summed E-state index contributed by atoms with van der Waals surface area (Å²) in [7, 11) is 0. The first-order chi connectivity index (χ1) is 21.2. The molecule has 0 amide bonds. The van der Waals surface area contributed by atoms with Crippen LogP contribution >= 0.6 is 0 Å². The fraction of sp³-hybridized carbons (Fsp3) is 0. The Labute approximate surface area is 247 Å². The summed E-state index contributed by atoms with van der Waals surface area (Å²) in [6.07, 6.45) is 1.75. The molecule has 2 aromatic heterocycles. The Hall–Kier alpha value is -5.94. The minimum absolute atomic E-state index is 0.150. The smallest absolute Gasteiger partial charge is 0.127 e. The number of hydrogen-bond donors (Lipinski definition) is 2. The molecule has 8 rings (SSSR count). The molecule has 0 atom stereocenters. The zero-order valence-corrected chi connectivity index (χ0v) is 23.0. The van der Waals surface area contributed by atoms with Crippen molar-refractivity contribution in [2.45, 2.75) is 0 Å². The molecule has 43 heavy (non-hydrogen) atoms. The molecular weight excluding hydrogens is 530 g/mol. The van der Waals surface area contributed by atoms with Crippen LogP contribution in [0.1, 0.15) is 5.69 Å². The summed E-state index contributed by atoms with van der Waals surface area (Å²) in [6.45, 7) is 0. The minimum Gasteiger partial charge on any atom is -0.507 e. The normalized spacial score (nSPS) is 11.8. The lowest BCUT2D eigenvalue weighted by atomic mass is 10.0. The summed E-state index contributed by atoms with van der Waals surface area (Å²) >= 11 is 0. The third-order valence-electron chi connectivity index (χ3n) is 8.04. The van der Waals surface area contributed by atoms with Gasteiger partial charge in [0, 0.05) is 27.2 Å².